The highest BCUT2D eigenvalue weighted by Crippen LogP contribution is 2.39. The SMILES string of the molecule is CCNC(c1ccc(F)cn1)C1CCC(C)C(C)C1. The number of hydrogen-bond acceptors (Lipinski definition) is 2. The molecule has 19 heavy (non-hydrogen) atoms. The standard InChI is InChI=1S/C16H25FN2/c1-4-18-16(15-8-7-14(17)10-19-15)13-6-5-11(2)12(3)9-13/h7-8,10-13,16,18H,4-6,9H2,1-3H3. The Hall–Kier alpha value is -0.960. The van der Waals surface area contributed by atoms with Crippen molar-refractivity contribution in [2.75, 3.05) is 6.54 Å². The van der Waals surface area contributed by atoms with Crippen LogP contribution in [0, 0.1) is 23.6 Å². The first-order valence-corrected chi connectivity index (χ1v) is 7.46. The first-order valence-electron chi connectivity index (χ1n) is 7.46. The van der Waals surface area contributed by atoms with E-state index in [1.165, 1.54) is 31.5 Å². The van der Waals surface area contributed by atoms with Crippen LogP contribution < -0.4 is 5.32 Å². The summed E-state index contributed by atoms with van der Waals surface area (Å²) in [6, 6.07) is 3.60. The maximum absolute atomic E-state index is 13.0. The maximum Gasteiger partial charge on any atom is 0.141 e. The van der Waals surface area contributed by atoms with E-state index in [0.717, 1.165) is 24.1 Å². The van der Waals surface area contributed by atoms with Crippen molar-refractivity contribution < 1.29 is 4.39 Å². The molecular weight excluding hydrogens is 239 g/mol. The molecule has 1 heterocycles. The molecule has 0 radical (unpaired) electrons. The van der Waals surface area contributed by atoms with E-state index in [4.69, 9.17) is 0 Å². The van der Waals surface area contributed by atoms with Gasteiger partial charge in [-0.15, -0.1) is 0 Å². The molecule has 2 nitrogen and oxygen atoms in total. The van der Waals surface area contributed by atoms with Crippen LogP contribution in [0.2, 0.25) is 0 Å². The first kappa shape index (κ1) is 14.4. The molecule has 1 saturated carbocycles. The maximum atomic E-state index is 13.0. The third-order valence-corrected chi connectivity index (χ3v) is 4.60. The summed E-state index contributed by atoms with van der Waals surface area (Å²) in [5.41, 5.74) is 0.981. The number of hydrogen-bond donors (Lipinski definition) is 1. The fraction of sp³-hybridized carbons (Fsp3) is 0.688. The van der Waals surface area contributed by atoms with Crippen LogP contribution in [0.15, 0.2) is 18.3 Å². The van der Waals surface area contributed by atoms with Gasteiger partial charge in [0.15, 0.2) is 0 Å². The normalized spacial score (nSPS) is 29.2. The van der Waals surface area contributed by atoms with E-state index in [2.05, 4.69) is 31.1 Å². The van der Waals surface area contributed by atoms with Gasteiger partial charge in [-0.05, 0) is 49.3 Å². The van der Waals surface area contributed by atoms with E-state index in [1.807, 2.05) is 6.07 Å². The van der Waals surface area contributed by atoms with Gasteiger partial charge >= 0.3 is 0 Å². The van der Waals surface area contributed by atoms with E-state index in [0.29, 0.717) is 5.92 Å². The zero-order valence-electron chi connectivity index (χ0n) is 12.2. The topological polar surface area (TPSA) is 24.9 Å². The van der Waals surface area contributed by atoms with Crippen LogP contribution in [-0.4, -0.2) is 11.5 Å². The van der Waals surface area contributed by atoms with Gasteiger partial charge in [0.05, 0.1) is 17.9 Å². The summed E-state index contributed by atoms with van der Waals surface area (Å²) in [6.45, 7) is 7.73. The minimum Gasteiger partial charge on any atom is -0.309 e. The Morgan fingerprint density at radius 2 is 2.11 bits per heavy atom. The molecule has 0 amide bonds. The molecule has 1 aromatic rings. The Bertz CT molecular complexity index is 390. The van der Waals surface area contributed by atoms with Crippen molar-refractivity contribution in [1.29, 1.82) is 0 Å². The second kappa shape index (κ2) is 6.47. The molecule has 1 fully saturated rings. The molecule has 106 valence electrons. The molecule has 0 aliphatic heterocycles. The number of nitrogens with zero attached hydrogens (tertiary/aromatic N) is 1. The molecule has 1 N–H and O–H groups in total. The molecule has 0 saturated heterocycles. The number of pyridine rings is 1. The Labute approximate surface area is 115 Å². The predicted molar refractivity (Wildman–Crippen MR) is 76.3 cm³/mol. The van der Waals surface area contributed by atoms with Crippen molar-refractivity contribution in [1.82, 2.24) is 10.3 Å². The summed E-state index contributed by atoms with van der Waals surface area (Å²) in [4.78, 5) is 4.28. The van der Waals surface area contributed by atoms with Gasteiger partial charge < -0.3 is 5.32 Å². The highest BCUT2D eigenvalue weighted by Gasteiger charge is 2.31. The van der Waals surface area contributed by atoms with Gasteiger partial charge in [-0.25, -0.2) is 4.39 Å². The Morgan fingerprint density at radius 1 is 1.32 bits per heavy atom. The van der Waals surface area contributed by atoms with Crippen LogP contribution >= 0.6 is 0 Å². The van der Waals surface area contributed by atoms with Gasteiger partial charge in [0.25, 0.3) is 0 Å². The van der Waals surface area contributed by atoms with Crippen molar-refractivity contribution in [3.8, 4) is 0 Å². The lowest BCUT2D eigenvalue weighted by Gasteiger charge is -2.36. The molecule has 0 spiro atoms. The molecule has 1 aliphatic rings. The van der Waals surface area contributed by atoms with E-state index in [9.17, 15) is 4.39 Å². The van der Waals surface area contributed by atoms with Crippen LogP contribution in [-0.2, 0) is 0 Å². The molecule has 1 aromatic heterocycles. The largest absolute Gasteiger partial charge is 0.309 e. The molecule has 1 aliphatic carbocycles. The molecule has 4 atom stereocenters. The molecule has 4 unspecified atom stereocenters. The second-order valence-electron chi connectivity index (χ2n) is 5.96. The molecular formula is C16H25FN2. The lowest BCUT2D eigenvalue weighted by Crippen LogP contribution is -2.33. The molecule has 2 rings (SSSR count). The van der Waals surface area contributed by atoms with Gasteiger partial charge in [0, 0.05) is 0 Å². The quantitative estimate of drug-likeness (QED) is 0.891. The number of rotatable bonds is 4. The second-order valence-corrected chi connectivity index (χ2v) is 5.96. The lowest BCUT2D eigenvalue weighted by molar-refractivity contribution is 0.170. The van der Waals surface area contributed by atoms with Crippen LogP contribution in [0.25, 0.3) is 0 Å². The third-order valence-electron chi connectivity index (χ3n) is 4.60. The minimum atomic E-state index is -0.260. The average molecular weight is 264 g/mol. The summed E-state index contributed by atoms with van der Waals surface area (Å²) in [5, 5.41) is 3.54. The van der Waals surface area contributed by atoms with Gasteiger partial charge in [-0.1, -0.05) is 27.2 Å². The van der Waals surface area contributed by atoms with Crippen LogP contribution in [0.5, 0.6) is 0 Å². The van der Waals surface area contributed by atoms with Gasteiger partial charge in [0.2, 0.25) is 0 Å². The highest BCUT2D eigenvalue weighted by atomic mass is 19.1. The van der Waals surface area contributed by atoms with Crippen LogP contribution in [0.4, 0.5) is 4.39 Å². The summed E-state index contributed by atoms with van der Waals surface area (Å²) in [6.07, 6.45) is 5.09. The van der Waals surface area contributed by atoms with Gasteiger partial charge in [0.1, 0.15) is 5.82 Å². The fourth-order valence-electron chi connectivity index (χ4n) is 3.20. The average Bonchev–Trinajstić information content (AvgIpc) is 2.41. The number of nitrogens with one attached hydrogen (secondary N) is 1. The Morgan fingerprint density at radius 3 is 2.68 bits per heavy atom. The molecule has 3 heteroatoms. The van der Waals surface area contributed by atoms with E-state index >= 15 is 0 Å². The number of aromatic nitrogens is 1. The predicted octanol–water partition coefficient (Wildman–Crippen LogP) is 3.94. The van der Waals surface area contributed by atoms with Crippen molar-refractivity contribution in [2.24, 2.45) is 17.8 Å². The van der Waals surface area contributed by atoms with Gasteiger partial charge in [-0.3, -0.25) is 4.98 Å². The van der Waals surface area contributed by atoms with Crippen molar-refractivity contribution in [3.63, 3.8) is 0 Å². The zero-order valence-corrected chi connectivity index (χ0v) is 12.2. The monoisotopic (exact) mass is 264 g/mol. The van der Waals surface area contributed by atoms with Gasteiger partial charge in [-0.2, -0.15) is 0 Å². The van der Waals surface area contributed by atoms with E-state index in [1.54, 1.807) is 0 Å². The number of halogens is 1. The Kier molecular flexibility index (Phi) is 4.92. The minimum absolute atomic E-state index is 0.260. The smallest absolute Gasteiger partial charge is 0.141 e. The van der Waals surface area contributed by atoms with Crippen molar-refractivity contribution in [2.45, 2.75) is 46.1 Å². The zero-order chi connectivity index (χ0) is 13.8. The van der Waals surface area contributed by atoms with Crippen LogP contribution in [0.1, 0.15) is 51.8 Å². The molecule has 0 bridgehead atoms. The summed E-state index contributed by atoms with van der Waals surface area (Å²) in [7, 11) is 0. The first-order chi connectivity index (χ1) is 9.11. The Balaban J connectivity index is 2.13. The van der Waals surface area contributed by atoms with E-state index in [-0.39, 0.29) is 11.9 Å². The van der Waals surface area contributed by atoms with Crippen LogP contribution in [0.3, 0.4) is 0 Å². The summed E-state index contributed by atoms with van der Waals surface area (Å²) < 4.78 is 13.0. The highest BCUT2D eigenvalue weighted by molar-refractivity contribution is 5.11. The van der Waals surface area contributed by atoms with Crippen molar-refractivity contribution in [3.05, 3.63) is 29.8 Å². The molecule has 0 aromatic carbocycles. The van der Waals surface area contributed by atoms with E-state index < -0.39 is 0 Å². The summed E-state index contributed by atoms with van der Waals surface area (Å²) >= 11 is 0. The fourth-order valence-corrected chi connectivity index (χ4v) is 3.20. The summed E-state index contributed by atoms with van der Waals surface area (Å²) in [5.74, 6) is 1.94. The van der Waals surface area contributed by atoms with Crippen molar-refractivity contribution >= 4 is 0 Å². The third kappa shape index (κ3) is 3.53. The lowest BCUT2D eigenvalue weighted by atomic mass is 9.72.